The number of carbonyl (C=O) groups is 4. The third-order valence-corrected chi connectivity index (χ3v) is 1.74. The predicted molar refractivity (Wildman–Crippen MR) is 64.8 cm³/mol. The Hall–Kier alpha value is -0.850. The molecule has 0 aromatic rings. The van der Waals surface area contributed by atoms with E-state index in [2.05, 4.69) is 0 Å². The number of rotatable bonds is 8. The van der Waals surface area contributed by atoms with Gasteiger partial charge < -0.3 is 19.8 Å². The maximum absolute atomic E-state index is 10.4. The molecule has 0 atom stereocenters. The molecule has 0 amide bonds. The second-order valence-corrected chi connectivity index (χ2v) is 3.67. The fourth-order valence-corrected chi connectivity index (χ4v) is 1.06. The fraction of sp³-hybridized carbons (Fsp3) is 0.667. The molecule has 0 saturated carbocycles. The zero-order chi connectivity index (χ0) is 14.6. The molecule has 3 radical (unpaired) electrons. The van der Waals surface area contributed by atoms with Crippen molar-refractivity contribution >= 4 is 49.3 Å². The number of aliphatic carboxylic acids is 2. The topological polar surface area (TPSA) is 114 Å². The van der Waals surface area contributed by atoms with Crippen LogP contribution in [0.25, 0.3) is 0 Å². The summed E-state index contributed by atoms with van der Waals surface area (Å²) in [5, 5.41) is 19.5. The van der Waals surface area contributed by atoms with E-state index in [1.165, 1.54) is 0 Å². The standard InChI is InChI=1S/2C6H10O3.In/c2*1-2-3-5(7)4-6(8)9;/h2*2-4H2,1H3,(H,8,9);/p-2. The van der Waals surface area contributed by atoms with Crippen molar-refractivity contribution in [2.45, 2.75) is 52.4 Å². The van der Waals surface area contributed by atoms with Crippen LogP contribution in [0, 0.1) is 0 Å². The van der Waals surface area contributed by atoms with Crippen LogP contribution in [0.15, 0.2) is 0 Å². The Morgan fingerprint density at radius 3 is 1.16 bits per heavy atom. The smallest absolute Gasteiger partial charge is 0.138 e. The van der Waals surface area contributed by atoms with Crippen molar-refractivity contribution in [3.8, 4) is 0 Å². The number of carboxylic acid groups (broad SMARTS) is 2. The molecule has 0 heterocycles. The van der Waals surface area contributed by atoms with Gasteiger partial charge in [-0.3, -0.25) is 9.59 Å². The Morgan fingerprint density at radius 1 is 0.737 bits per heavy atom. The molecule has 19 heavy (non-hydrogen) atoms. The Balaban J connectivity index is -0.000000256. The molecule has 0 aliphatic carbocycles. The van der Waals surface area contributed by atoms with E-state index in [4.69, 9.17) is 0 Å². The summed E-state index contributed by atoms with van der Waals surface area (Å²) in [6, 6.07) is 0. The first-order chi connectivity index (χ1) is 8.33. The van der Waals surface area contributed by atoms with E-state index < -0.39 is 24.8 Å². The minimum absolute atomic E-state index is 0. The summed E-state index contributed by atoms with van der Waals surface area (Å²) >= 11 is 0. The van der Waals surface area contributed by atoms with E-state index in [0.717, 1.165) is 0 Å². The van der Waals surface area contributed by atoms with Crippen molar-refractivity contribution in [1.29, 1.82) is 0 Å². The van der Waals surface area contributed by atoms with E-state index in [9.17, 15) is 29.4 Å². The largest absolute Gasteiger partial charge is 0.550 e. The second-order valence-electron chi connectivity index (χ2n) is 3.67. The first-order valence-corrected chi connectivity index (χ1v) is 5.76. The molecular weight excluding hydrogens is 355 g/mol. The molecule has 7 heteroatoms. The minimum atomic E-state index is -1.28. The predicted octanol–water partition coefficient (Wildman–Crippen LogP) is -1.39. The molecular formula is C12H18InO6-2. The van der Waals surface area contributed by atoms with Gasteiger partial charge in [0.05, 0.1) is 0 Å². The van der Waals surface area contributed by atoms with E-state index >= 15 is 0 Å². The maximum Gasteiger partial charge on any atom is 0.138 e. The Kier molecular flexibility index (Phi) is 18.6. The summed E-state index contributed by atoms with van der Waals surface area (Å²) < 4.78 is 0. The Labute approximate surface area is 131 Å². The molecule has 0 aromatic carbocycles. The monoisotopic (exact) mass is 373 g/mol. The van der Waals surface area contributed by atoms with E-state index in [1.54, 1.807) is 0 Å². The zero-order valence-electron chi connectivity index (χ0n) is 11.3. The molecule has 0 fully saturated rings. The zero-order valence-corrected chi connectivity index (χ0v) is 14.6. The first-order valence-electron chi connectivity index (χ1n) is 5.76. The molecule has 0 rings (SSSR count). The number of Topliss-reactive ketones (excluding diaryl/α,β-unsaturated/α-hetero) is 2. The van der Waals surface area contributed by atoms with Crippen LogP contribution in [0.5, 0.6) is 0 Å². The third-order valence-electron chi connectivity index (χ3n) is 1.74. The molecule has 0 bridgehead atoms. The number of ketones is 2. The van der Waals surface area contributed by atoms with Gasteiger partial charge in [-0.2, -0.15) is 0 Å². The van der Waals surface area contributed by atoms with Crippen LogP contribution in [0.4, 0.5) is 0 Å². The van der Waals surface area contributed by atoms with Gasteiger partial charge in [0.15, 0.2) is 0 Å². The van der Waals surface area contributed by atoms with Crippen molar-refractivity contribution in [1.82, 2.24) is 0 Å². The summed E-state index contributed by atoms with van der Waals surface area (Å²) in [5.41, 5.74) is 0. The van der Waals surface area contributed by atoms with Crippen LogP contribution in [0.3, 0.4) is 0 Å². The van der Waals surface area contributed by atoms with E-state index in [-0.39, 0.29) is 37.4 Å². The molecule has 0 aliphatic rings. The van der Waals surface area contributed by atoms with Gasteiger partial charge in [0.25, 0.3) is 0 Å². The maximum atomic E-state index is 10.4. The number of hydrogen-bond acceptors (Lipinski definition) is 6. The molecule has 0 N–H and O–H groups in total. The van der Waals surface area contributed by atoms with Gasteiger partial charge in [0.2, 0.25) is 0 Å². The molecule has 107 valence electrons. The summed E-state index contributed by atoms with van der Waals surface area (Å²) in [6.07, 6.45) is 1.21. The minimum Gasteiger partial charge on any atom is -0.550 e. The fourth-order valence-electron chi connectivity index (χ4n) is 1.06. The average Bonchev–Trinajstić information content (AvgIpc) is 2.16. The van der Waals surface area contributed by atoms with Crippen molar-refractivity contribution in [3.63, 3.8) is 0 Å². The normalized spacial score (nSPS) is 8.53. The quantitative estimate of drug-likeness (QED) is 0.484. The van der Waals surface area contributed by atoms with E-state index in [0.29, 0.717) is 25.7 Å². The van der Waals surface area contributed by atoms with Gasteiger partial charge in [0.1, 0.15) is 11.6 Å². The number of carboxylic acids is 2. The van der Waals surface area contributed by atoms with Crippen LogP contribution >= 0.6 is 0 Å². The average molecular weight is 373 g/mol. The van der Waals surface area contributed by atoms with Gasteiger partial charge in [0, 0.05) is 63.5 Å². The summed E-state index contributed by atoms with van der Waals surface area (Å²) in [6.45, 7) is 3.65. The van der Waals surface area contributed by atoms with Crippen LogP contribution < -0.4 is 10.2 Å². The molecule has 0 saturated heterocycles. The number of carbonyl (C=O) groups excluding carboxylic acids is 4. The van der Waals surface area contributed by atoms with Crippen molar-refractivity contribution in [2.75, 3.05) is 0 Å². The van der Waals surface area contributed by atoms with Gasteiger partial charge in [-0.25, -0.2) is 0 Å². The molecule has 0 unspecified atom stereocenters. The van der Waals surface area contributed by atoms with Gasteiger partial charge in [-0.05, 0) is 12.8 Å². The SMILES string of the molecule is CCCC(=O)CC(=O)[O-].CCCC(=O)CC(=O)[O-].[In]. The Morgan fingerprint density at radius 2 is 1.00 bits per heavy atom. The summed E-state index contributed by atoms with van der Waals surface area (Å²) in [7, 11) is 0. The molecule has 6 nitrogen and oxygen atoms in total. The van der Waals surface area contributed by atoms with Crippen LogP contribution in [0.1, 0.15) is 52.4 Å². The van der Waals surface area contributed by atoms with Gasteiger partial charge in [-0.15, -0.1) is 0 Å². The summed E-state index contributed by atoms with van der Waals surface area (Å²) in [4.78, 5) is 40.4. The van der Waals surface area contributed by atoms with Crippen molar-refractivity contribution in [2.24, 2.45) is 0 Å². The summed E-state index contributed by atoms with van der Waals surface area (Å²) in [5.74, 6) is -3.07. The van der Waals surface area contributed by atoms with Gasteiger partial charge in [-0.1, -0.05) is 13.8 Å². The Bertz CT molecular complexity index is 271. The van der Waals surface area contributed by atoms with Crippen molar-refractivity contribution in [3.05, 3.63) is 0 Å². The first kappa shape index (κ1) is 23.3. The van der Waals surface area contributed by atoms with Crippen LogP contribution in [0.2, 0.25) is 0 Å². The molecule has 0 spiro atoms. The van der Waals surface area contributed by atoms with Crippen LogP contribution in [-0.4, -0.2) is 49.3 Å². The van der Waals surface area contributed by atoms with Gasteiger partial charge >= 0.3 is 0 Å². The third kappa shape index (κ3) is 22.8. The van der Waals surface area contributed by atoms with E-state index in [1.807, 2.05) is 13.8 Å². The number of hydrogen-bond donors (Lipinski definition) is 0. The second kappa shape index (κ2) is 15.2. The van der Waals surface area contributed by atoms with Crippen LogP contribution in [-0.2, 0) is 19.2 Å². The van der Waals surface area contributed by atoms with Crippen molar-refractivity contribution < 1.29 is 29.4 Å². The molecule has 0 aromatic heterocycles. The molecule has 0 aliphatic heterocycles.